The Kier molecular flexibility index (Phi) is 6.34. The van der Waals surface area contributed by atoms with E-state index in [0.29, 0.717) is 0 Å². The predicted octanol–water partition coefficient (Wildman–Crippen LogP) is 4.34. The number of nitrogens with zero attached hydrogens (tertiary/aromatic N) is 4. The lowest BCUT2D eigenvalue weighted by Gasteiger charge is -2.14. The monoisotopic (exact) mass is 527 g/mol. The zero-order valence-corrected chi connectivity index (χ0v) is 19.1. The van der Waals surface area contributed by atoms with Crippen LogP contribution < -0.4 is 15.6 Å². The van der Waals surface area contributed by atoms with Crippen LogP contribution in [-0.2, 0) is 13.6 Å². The molecule has 35 heavy (non-hydrogen) atoms. The summed E-state index contributed by atoms with van der Waals surface area (Å²) in [4.78, 5) is 30.1. The van der Waals surface area contributed by atoms with Gasteiger partial charge in [0.05, 0.1) is 16.6 Å². The molecule has 1 amide bonds. The van der Waals surface area contributed by atoms with Gasteiger partial charge in [-0.15, -0.1) is 13.2 Å². The SMILES string of the molecule is Cn1nc(NC(=O)c2cc(Cl)c(O)c(Cl)c2)c2c(=O)n(Cc3ccccc3OC(F)(F)F)cnc21. The number of para-hydroxylation sites is 1. The Morgan fingerprint density at radius 1 is 1.20 bits per heavy atom. The summed E-state index contributed by atoms with van der Waals surface area (Å²) in [5, 5.41) is 15.9. The number of aromatic nitrogens is 4. The fourth-order valence-electron chi connectivity index (χ4n) is 3.30. The molecule has 0 aliphatic heterocycles. The number of phenols is 1. The van der Waals surface area contributed by atoms with Crippen molar-refractivity contribution in [3.8, 4) is 11.5 Å². The summed E-state index contributed by atoms with van der Waals surface area (Å²) in [5.41, 5.74) is -0.472. The number of nitrogens with one attached hydrogen (secondary N) is 1. The van der Waals surface area contributed by atoms with Gasteiger partial charge in [-0.05, 0) is 18.2 Å². The highest BCUT2D eigenvalue weighted by molar-refractivity contribution is 6.37. The number of carbonyl (C=O) groups excluding carboxylic acids is 1. The van der Waals surface area contributed by atoms with E-state index in [2.05, 4.69) is 20.1 Å². The van der Waals surface area contributed by atoms with Crippen molar-refractivity contribution in [2.45, 2.75) is 12.9 Å². The minimum atomic E-state index is -4.91. The number of ether oxygens (including phenoxy) is 1. The second kappa shape index (κ2) is 9.12. The van der Waals surface area contributed by atoms with Crippen molar-refractivity contribution < 1.29 is 27.8 Å². The molecule has 0 aliphatic rings. The number of aryl methyl sites for hydroxylation is 1. The third-order valence-electron chi connectivity index (χ3n) is 4.86. The normalized spacial score (nSPS) is 11.6. The van der Waals surface area contributed by atoms with Crippen LogP contribution >= 0.6 is 23.2 Å². The zero-order chi connectivity index (χ0) is 25.5. The van der Waals surface area contributed by atoms with Gasteiger partial charge in [-0.3, -0.25) is 14.2 Å². The molecule has 2 N–H and O–H groups in total. The average molecular weight is 528 g/mol. The molecular formula is C21H14Cl2F3N5O4. The summed E-state index contributed by atoms with van der Waals surface area (Å²) in [6, 6.07) is 7.73. The maximum absolute atomic E-state index is 13.2. The topological polar surface area (TPSA) is 111 Å². The van der Waals surface area contributed by atoms with Gasteiger partial charge in [-0.25, -0.2) is 9.67 Å². The Hall–Kier alpha value is -3.77. The van der Waals surface area contributed by atoms with E-state index in [9.17, 15) is 27.9 Å². The number of aromatic hydroxyl groups is 1. The van der Waals surface area contributed by atoms with Gasteiger partial charge >= 0.3 is 6.36 Å². The second-order valence-corrected chi connectivity index (χ2v) is 8.06. The molecule has 2 heterocycles. The van der Waals surface area contributed by atoms with E-state index in [-0.39, 0.29) is 44.6 Å². The van der Waals surface area contributed by atoms with Gasteiger partial charge in [-0.1, -0.05) is 41.4 Å². The molecule has 0 radical (unpaired) electrons. The van der Waals surface area contributed by atoms with Gasteiger partial charge in [0.1, 0.15) is 17.5 Å². The lowest BCUT2D eigenvalue weighted by molar-refractivity contribution is -0.274. The Morgan fingerprint density at radius 2 is 1.86 bits per heavy atom. The van der Waals surface area contributed by atoms with E-state index >= 15 is 0 Å². The van der Waals surface area contributed by atoms with Crippen LogP contribution in [0.25, 0.3) is 11.0 Å². The summed E-state index contributed by atoms with van der Waals surface area (Å²) < 4.78 is 44.6. The number of hydrogen-bond donors (Lipinski definition) is 2. The van der Waals surface area contributed by atoms with Gasteiger partial charge in [0.15, 0.2) is 17.2 Å². The van der Waals surface area contributed by atoms with Crippen LogP contribution in [0.3, 0.4) is 0 Å². The van der Waals surface area contributed by atoms with E-state index in [1.54, 1.807) is 0 Å². The van der Waals surface area contributed by atoms with Gasteiger partial charge in [0, 0.05) is 18.2 Å². The Morgan fingerprint density at radius 3 is 2.51 bits per heavy atom. The molecule has 4 aromatic rings. The number of anilines is 1. The van der Waals surface area contributed by atoms with Crippen LogP contribution in [0.4, 0.5) is 19.0 Å². The first-order valence-electron chi connectivity index (χ1n) is 9.69. The summed E-state index contributed by atoms with van der Waals surface area (Å²) in [5.74, 6) is -1.73. The lowest BCUT2D eigenvalue weighted by Crippen LogP contribution is -2.24. The molecule has 0 saturated heterocycles. The lowest BCUT2D eigenvalue weighted by atomic mass is 10.2. The first kappa shape index (κ1) is 24.4. The molecule has 0 spiro atoms. The molecule has 0 saturated carbocycles. The van der Waals surface area contributed by atoms with Crippen molar-refractivity contribution in [3.63, 3.8) is 0 Å². The van der Waals surface area contributed by atoms with Crippen molar-refractivity contribution in [3.05, 3.63) is 74.3 Å². The molecule has 0 unspecified atom stereocenters. The van der Waals surface area contributed by atoms with Gasteiger partial charge in [0.25, 0.3) is 11.5 Å². The van der Waals surface area contributed by atoms with Gasteiger partial charge in [-0.2, -0.15) is 5.10 Å². The molecule has 14 heteroatoms. The van der Waals surface area contributed by atoms with Crippen LogP contribution in [0.15, 0.2) is 47.5 Å². The largest absolute Gasteiger partial charge is 0.573 e. The molecule has 9 nitrogen and oxygen atoms in total. The molecule has 4 rings (SSSR count). The summed E-state index contributed by atoms with van der Waals surface area (Å²) >= 11 is 11.7. The zero-order valence-electron chi connectivity index (χ0n) is 17.6. The van der Waals surface area contributed by atoms with Crippen LogP contribution in [-0.4, -0.2) is 36.7 Å². The van der Waals surface area contributed by atoms with E-state index < -0.39 is 29.3 Å². The van der Waals surface area contributed by atoms with Crippen LogP contribution in [0.1, 0.15) is 15.9 Å². The summed E-state index contributed by atoms with van der Waals surface area (Å²) in [6.45, 7) is -0.292. The number of benzene rings is 2. The highest BCUT2D eigenvalue weighted by Crippen LogP contribution is 2.33. The number of phenolic OH excluding ortho intramolecular Hbond substituents is 1. The standard InChI is InChI=1S/C21H14Cl2F3N5O4/c1-30-18-15(17(29-30)28-19(33)11-6-12(22)16(32)13(23)7-11)20(34)31(9-27-18)8-10-4-2-3-5-14(10)35-21(24,25)26/h2-7,9,32H,8H2,1H3,(H,28,29,33). The quantitative estimate of drug-likeness (QED) is 0.399. The first-order valence-corrected chi connectivity index (χ1v) is 10.5. The number of amides is 1. The molecule has 2 aromatic heterocycles. The minimum absolute atomic E-state index is 0.0148. The van der Waals surface area contributed by atoms with Crippen molar-refractivity contribution in [1.29, 1.82) is 0 Å². The number of fused-ring (bicyclic) bond motifs is 1. The molecule has 182 valence electrons. The molecule has 0 fully saturated rings. The number of halogens is 5. The Balaban J connectivity index is 1.71. The molecular weight excluding hydrogens is 514 g/mol. The second-order valence-electron chi connectivity index (χ2n) is 7.25. The number of rotatable bonds is 5. The molecule has 0 aliphatic carbocycles. The summed E-state index contributed by atoms with van der Waals surface area (Å²) in [6.07, 6.45) is -3.76. The molecule has 2 aromatic carbocycles. The fraction of sp³-hybridized carbons (Fsp3) is 0.143. The first-order chi connectivity index (χ1) is 16.4. The maximum atomic E-state index is 13.2. The highest BCUT2D eigenvalue weighted by Gasteiger charge is 2.32. The number of hydrogen-bond acceptors (Lipinski definition) is 6. The fourth-order valence-corrected chi connectivity index (χ4v) is 3.79. The van der Waals surface area contributed by atoms with Crippen molar-refractivity contribution >= 4 is 46.0 Å². The van der Waals surface area contributed by atoms with Crippen molar-refractivity contribution in [2.24, 2.45) is 7.05 Å². The van der Waals surface area contributed by atoms with E-state index in [0.717, 1.165) is 17.0 Å². The van der Waals surface area contributed by atoms with E-state index in [4.69, 9.17) is 23.2 Å². The van der Waals surface area contributed by atoms with E-state index in [1.165, 1.54) is 42.1 Å². The highest BCUT2D eigenvalue weighted by atomic mass is 35.5. The number of alkyl halides is 3. The molecule has 0 atom stereocenters. The summed E-state index contributed by atoms with van der Waals surface area (Å²) in [7, 11) is 1.50. The third-order valence-corrected chi connectivity index (χ3v) is 5.44. The van der Waals surface area contributed by atoms with Crippen molar-refractivity contribution in [1.82, 2.24) is 19.3 Å². The minimum Gasteiger partial charge on any atom is -0.505 e. The predicted molar refractivity (Wildman–Crippen MR) is 121 cm³/mol. The van der Waals surface area contributed by atoms with Crippen LogP contribution in [0.5, 0.6) is 11.5 Å². The van der Waals surface area contributed by atoms with Crippen LogP contribution in [0, 0.1) is 0 Å². The van der Waals surface area contributed by atoms with Gasteiger partial charge in [0.2, 0.25) is 0 Å². The average Bonchev–Trinajstić information content (AvgIpc) is 3.09. The number of carbonyl (C=O) groups is 1. The van der Waals surface area contributed by atoms with E-state index in [1.807, 2.05) is 0 Å². The third kappa shape index (κ3) is 5.03. The van der Waals surface area contributed by atoms with Crippen LogP contribution in [0.2, 0.25) is 10.0 Å². The smallest absolute Gasteiger partial charge is 0.505 e. The van der Waals surface area contributed by atoms with Crippen molar-refractivity contribution in [2.75, 3.05) is 5.32 Å². The van der Waals surface area contributed by atoms with Gasteiger partial charge < -0.3 is 15.2 Å². The maximum Gasteiger partial charge on any atom is 0.573 e. The Bertz CT molecular complexity index is 1490. The molecule has 0 bridgehead atoms. The Labute approximate surface area is 204 Å².